The molecule has 1 nitrogen and oxygen atoms in total. The Hall–Kier alpha value is -0.850. The van der Waals surface area contributed by atoms with Gasteiger partial charge in [-0.3, -0.25) is 4.79 Å². The maximum atomic E-state index is 13.0. The zero-order chi connectivity index (χ0) is 13.6. The van der Waals surface area contributed by atoms with Gasteiger partial charge in [-0.2, -0.15) is 0 Å². The summed E-state index contributed by atoms with van der Waals surface area (Å²) in [7, 11) is 0. The van der Waals surface area contributed by atoms with Gasteiger partial charge in [0.15, 0.2) is 0 Å². The van der Waals surface area contributed by atoms with E-state index in [0.717, 1.165) is 25.7 Å². The normalized spacial score (nSPS) is 37.6. The highest BCUT2D eigenvalue weighted by Crippen LogP contribution is 2.51. The molecule has 0 aromatic heterocycles. The van der Waals surface area contributed by atoms with E-state index in [4.69, 9.17) is 0 Å². The molecule has 1 fully saturated rings. The molecule has 3 aliphatic rings. The van der Waals surface area contributed by atoms with Crippen LogP contribution in [0, 0.1) is 23.2 Å². The minimum atomic E-state index is 0.103. The van der Waals surface area contributed by atoms with Crippen molar-refractivity contribution in [1.29, 1.82) is 0 Å². The summed E-state index contributed by atoms with van der Waals surface area (Å²) in [5, 5.41) is 0. The number of carbonyl (C=O) groups is 1. The van der Waals surface area contributed by atoms with E-state index < -0.39 is 0 Å². The number of fused-ring (bicyclic) bond motifs is 3. The Kier molecular flexibility index (Phi) is 3.19. The van der Waals surface area contributed by atoms with Crippen molar-refractivity contribution in [2.75, 3.05) is 0 Å². The zero-order valence-corrected chi connectivity index (χ0v) is 12.5. The Morgan fingerprint density at radius 3 is 2.74 bits per heavy atom. The average molecular weight is 258 g/mol. The molecular weight excluding hydrogens is 232 g/mol. The van der Waals surface area contributed by atoms with E-state index >= 15 is 0 Å². The van der Waals surface area contributed by atoms with Crippen LogP contribution in [-0.4, -0.2) is 5.78 Å². The quantitative estimate of drug-likeness (QED) is 0.576. The molecule has 1 heteroatoms. The smallest absolute Gasteiger partial charge is 0.140 e. The fourth-order valence-electron chi connectivity index (χ4n) is 4.78. The van der Waals surface area contributed by atoms with Crippen LogP contribution >= 0.6 is 0 Å². The van der Waals surface area contributed by atoms with E-state index in [2.05, 4.69) is 32.9 Å². The van der Waals surface area contributed by atoms with Gasteiger partial charge in [-0.25, -0.2) is 0 Å². The summed E-state index contributed by atoms with van der Waals surface area (Å²) in [6.07, 6.45) is 11.4. The highest BCUT2D eigenvalue weighted by atomic mass is 16.1. The van der Waals surface area contributed by atoms with Crippen LogP contribution in [-0.2, 0) is 4.79 Å². The monoisotopic (exact) mass is 258 g/mol. The molecule has 0 heterocycles. The van der Waals surface area contributed by atoms with Gasteiger partial charge in [0.25, 0.3) is 0 Å². The van der Waals surface area contributed by atoms with Gasteiger partial charge in [0, 0.05) is 11.8 Å². The van der Waals surface area contributed by atoms with E-state index in [1.165, 1.54) is 12.8 Å². The fourth-order valence-corrected chi connectivity index (χ4v) is 4.78. The molecule has 3 rings (SSSR count). The largest absolute Gasteiger partial charge is 0.299 e. The van der Waals surface area contributed by atoms with Crippen LogP contribution in [0.4, 0.5) is 0 Å². The van der Waals surface area contributed by atoms with Gasteiger partial charge in [0.2, 0.25) is 0 Å². The van der Waals surface area contributed by atoms with E-state index in [1.54, 1.807) is 11.1 Å². The lowest BCUT2D eigenvalue weighted by Crippen LogP contribution is -2.43. The van der Waals surface area contributed by atoms with Crippen molar-refractivity contribution in [2.45, 2.75) is 59.3 Å². The Morgan fingerprint density at radius 1 is 1.16 bits per heavy atom. The molecule has 2 bridgehead atoms. The van der Waals surface area contributed by atoms with E-state index in [1.807, 2.05) is 0 Å². The maximum Gasteiger partial charge on any atom is 0.140 e. The van der Waals surface area contributed by atoms with E-state index in [0.29, 0.717) is 17.6 Å². The molecule has 104 valence electrons. The number of carbonyl (C=O) groups excluding carboxylic acids is 1. The molecule has 3 aliphatic carbocycles. The van der Waals surface area contributed by atoms with Gasteiger partial charge < -0.3 is 0 Å². The number of hydrogen-bond acceptors (Lipinski definition) is 1. The van der Waals surface area contributed by atoms with Crippen molar-refractivity contribution >= 4 is 5.78 Å². The summed E-state index contributed by atoms with van der Waals surface area (Å²) in [6.45, 7) is 6.91. The highest BCUT2D eigenvalue weighted by molar-refractivity contribution is 5.85. The zero-order valence-electron chi connectivity index (χ0n) is 12.5. The standard InChI is InChI=1S/C18H26O/c1-12-8-10-16-17(19)14-7-5-4-6-13(14)9-11-15(12)18(16,2)3/h4,6,13-14,16H,5,7-11H2,1-3H3/t13-,14+,16-/m0/s1. The van der Waals surface area contributed by atoms with Crippen molar-refractivity contribution in [3.63, 3.8) is 0 Å². The Morgan fingerprint density at radius 2 is 1.95 bits per heavy atom. The molecule has 0 aliphatic heterocycles. The first kappa shape index (κ1) is 13.1. The molecule has 0 unspecified atom stereocenters. The van der Waals surface area contributed by atoms with Gasteiger partial charge in [-0.15, -0.1) is 0 Å². The Bertz CT molecular complexity index is 452. The first-order valence-corrected chi connectivity index (χ1v) is 7.91. The topological polar surface area (TPSA) is 17.1 Å². The number of allylic oxidation sites excluding steroid dienone is 4. The maximum absolute atomic E-state index is 13.0. The highest BCUT2D eigenvalue weighted by Gasteiger charge is 2.46. The van der Waals surface area contributed by atoms with Crippen LogP contribution in [0.2, 0.25) is 0 Å². The molecule has 0 saturated heterocycles. The number of rotatable bonds is 0. The van der Waals surface area contributed by atoms with Crippen LogP contribution in [0.3, 0.4) is 0 Å². The third kappa shape index (κ3) is 2.02. The third-order valence-electron chi connectivity index (χ3n) is 5.95. The predicted molar refractivity (Wildman–Crippen MR) is 78.8 cm³/mol. The summed E-state index contributed by atoms with van der Waals surface area (Å²) >= 11 is 0. The summed E-state index contributed by atoms with van der Waals surface area (Å²) in [4.78, 5) is 13.0. The molecule has 0 N–H and O–H groups in total. The molecule has 1 saturated carbocycles. The van der Waals surface area contributed by atoms with Crippen molar-refractivity contribution < 1.29 is 4.79 Å². The van der Waals surface area contributed by atoms with Crippen LogP contribution in [0.25, 0.3) is 0 Å². The van der Waals surface area contributed by atoms with Gasteiger partial charge in [-0.05, 0) is 56.8 Å². The van der Waals surface area contributed by atoms with Crippen LogP contribution < -0.4 is 0 Å². The van der Waals surface area contributed by atoms with Crippen molar-refractivity contribution in [3.8, 4) is 0 Å². The first-order chi connectivity index (χ1) is 9.01. The molecule has 0 radical (unpaired) electrons. The van der Waals surface area contributed by atoms with Gasteiger partial charge >= 0.3 is 0 Å². The number of Topliss-reactive ketones (excluding diaryl/α,β-unsaturated/α-hetero) is 1. The minimum Gasteiger partial charge on any atom is -0.299 e. The summed E-state index contributed by atoms with van der Waals surface area (Å²) < 4.78 is 0. The molecule has 19 heavy (non-hydrogen) atoms. The lowest BCUT2D eigenvalue weighted by Gasteiger charge is -2.46. The predicted octanol–water partition coefficient (Wildman–Crippen LogP) is 4.68. The van der Waals surface area contributed by atoms with Gasteiger partial charge in [0.1, 0.15) is 5.78 Å². The van der Waals surface area contributed by atoms with Crippen LogP contribution in [0.15, 0.2) is 23.3 Å². The number of hydrogen-bond donors (Lipinski definition) is 0. The number of ketones is 1. The molecule has 0 spiro atoms. The van der Waals surface area contributed by atoms with Crippen LogP contribution in [0.5, 0.6) is 0 Å². The molecule has 0 aromatic rings. The van der Waals surface area contributed by atoms with Crippen LogP contribution in [0.1, 0.15) is 59.3 Å². The Labute approximate surface area is 117 Å². The van der Waals surface area contributed by atoms with Gasteiger partial charge in [0.05, 0.1) is 0 Å². The molecular formula is C18H26O. The summed E-state index contributed by atoms with van der Waals surface area (Å²) in [5.74, 6) is 1.67. The molecule has 0 aromatic carbocycles. The van der Waals surface area contributed by atoms with E-state index in [-0.39, 0.29) is 11.3 Å². The average Bonchev–Trinajstić information content (AvgIpc) is 2.37. The Balaban J connectivity index is 2.02. The second-order valence-electron chi connectivity index (χ2n) is 7.29. The van der Waals surface area contributed by atoms with Crippen molar-refractivity contribution in [3.05, 3.63) is 23.3 Å². The summed E-state index contributed by atoms with van der Waals surface area (Å²) in [5.41, 5.74) is 3.26. The fraction of sp³-hybridized carbons (Fsp3) is 0.722. The van der Waals surface area contributed by atoms with Crippen molar-refractivity contribution in [2.24, 2.45) is 23.2 Å². The molecule has 0 amide bonds. The lowest BCUT2D eigenvalue weighted by molar-refractivity contribution is -0.132. The third-order valence-corrected chi connectivity index (χ3v) is 5.95. The lowest BCUT2D eigenvalue weighted by atomic mass is 9.57. The molecule has 3 atom stereocenters. The first-order valence-electron chi connectivity index (χ1n) is 7.91. The SMILES string of the molecule is CC1=C2CC[C@@H]3C=CCC[C@H]3C(=O)[C@H](CC1)C2(C)C. The second kappa shape index (κ2) is 4.61. The van der Waals surface area contributed by atoms with Gasteiger partial charge in [-0.1, -0.05) is 37.1 Å². The summed E-state index contributed by atoms with van der Waals surface area (Å²) in [6, 6.07) is 0. The minimum absolute atomic E-state index is 0.103. The van der Waals surface area contributed by atoms with Crippen molar-refractivity contribution in [1.82, 2.24) is 0 Å². The van der Waals surface area contributed by atoms with E-state index in [9.17, 15) is 4.79 Å². The second-order valence-corrected chi connectivity index (χ2v) is 7.29.